The van der Waals surface area contributed by atoms with E-state index in [-0.39, 0.29) is 0 Å². The van der Waals surface area contributed by atoms with Gasteiger partial charge in [-0.1, -0.05) is 0 Å². The zero-order valence-corrected chi connectivity index (χ0v) is 6.70. The van der Waals surface area contributed by atoms with Crippen LogP contribution in [0.5, 0.6) is 0 Å². The number of nitrogens with zero attached hydrogens (tertiary/aromatic N) is 3. The topological polar surface area (TPSA) is 53.6 Å². The Morgan fingerprint density at radius 2 is 2.58 bits per heavy atom. The second-order valence-corrected chi connectivity index (χ2v) is 2.98. The molecule has 0 atom stereocenters. The van der Waals surface area contributed by atoms with Gasteiger partial charge in [-0.15, -0.1) is 0 Å². The minimum absolute atomic E-state index is 0.458. The highest BCUT2D eigenvalue weighted by atomic mass is 15.3. The van der Waals surface area contributed by atoms with E-state index in [1.807, 2.05) is 10.9 Å². The average Bonchev–Trinajstić information content (AvgIpc) is 2.34. The fourth-order valence-electron chi connectivity index (χ4n) is 1.22. The van der Waals surface area contributed by atoms with Gasteiger partial charge < -0.3 is 5.32 Å². The molecule has 2 rings (SSSR count). The van der Waals surface area contributed by atoms with E-state index in [0.717, 1.165) is 18.7 Å². The van der Waals surface area contributed by atoms with Crippen molar-refractivity contribution in [2.75, 3.05) is 13.1 Å². The van der Waals surface area contributed by atoms with Crippen molar-refractivity contribution in [1.82, 2.24) is 15.1 Å². The van der Waals surface area contributed by atoms with E-state index in [1.54, 1.807) is 6.20 Å². The summed E-state index contributed by atoms with van der Waals surface area (Å²) in [5.41, 5.74) is 1.00. The fraction of sp³-hybridized carbons (Fsp3) is 0.500. The number of nitrogens with one attached hydrogen (secondary N) is 1. The van der Waals surface area contributed by atoms with Crippen molar-refractivity contribution in [3.63, 3.8) is 0 Å². The number of aromatic nitrogens is 2. The molecule has 0 radical (unpaired) electrons. The summed E-state index contributed by atoms with van der Waals surface area (Å²) < 4.78 is 1.93. The Balaban J connectivity index is 2.08. The van der Waals surface area contributed by atoms with Crippen LogP contribution >= 0.6 is 0 Å². The first kappa shape index (κ1) is 7.32. The number of hydrogen-bond acceptors (Lipinski definition) is 3. The van der Waals surface area contributed by atoms with Crippen molar-refractivity contribution in [2.24, 2.45) is 0 Å². The minimum atomic E-state index is 0.458. The largest absolute Gasteiger partial charge is 0.312 e. The maximum Gasteiger partial charge on any atom is 0.0767 e. The third kappa shape index (κ3) is 1.19. The molecule has 0 aliphatic carbocycles. The van der Waals surface area contributed by atoms with Crippen LogP contribution in [0.15, 0.2) is 12.4 Å². The molecule has 62 valence electrons. The van der Waals surface area contributed by atoms with Gasteiger partial charge in [0.25, 0.3) is 0 Å². The maximum absolute atomic E-state index is 8.44. The molecule has 1 aliphatic heterocycles. The van der Waals surface area contributed by atoms with Crippen LogP contribution in [0, 0.1) is 11.3 Å². The van der Waals surface area contributed by atoms with Gasteiger partial charge in [-0.2, -0.15) is 10.4 Å². The van der Waals surface area contributed by atoms with Gasteiger partial charge in [0.15, 0.2) is 0 Å². The second kappa shape index (κ2) is 2.95. The van der Waals surface area contributed by atoms with Crippen molar-refractivity contribution < 1.29 is 0 Å². The molecule has 4 nitrogen and oxygen atoms in total. The van der Waals surface area contributed by atoms with E-state index in [4.69, 9.17) is 5.26 Å². The highest BCUT2D eigenvalue weighted by Crippen LogP contribution is 2.11. The molecule has 1 saturated heterocycles. The molecule has 1 aromatic rings. The lowest BCUT2D eigenvalue weighted by Crippen LogP contribution is -2.43. The molecule has 0 spiro atoms. The van der Waals surface area contributed by atoms with Crippen LogP contribution in [0.1, 0.15) is 11.6 Å². The third-order valence-electron chi connectivity index (χ3n) is 2.07. The average molecular weight is 162 g/mol. The van der Waals surface area contributed by atoms with Gasteiger partial charge in [0.2, 0.25) is 0 Å². The molecule has 0 amide bonds. The quantitative estimate of drug-likeness (QED) is 0.670. The van der Waals surface area contributed by atoms with Gasteiger partial charge in [0, 0.05) is 24.8 Å². The van der Waals surface area contributed by atoms with Crippen LogP contribution in [-0.2, 0) is 6.42 Å². The highest BCUT2D eigenvalue weighted by molar-refractivity contribution is 5.10. The van der Waals surface area contributed by atoms with Crippen LogP contribution in [0.2, 0.25) is 0 Å². The first-order valence-corrected chi connectivity index (χ1v) is 4.01. The minimum Gasteiger partial charge on any atom is -0.312 e. The van der Waals surface area contributed by atoms with Crippen LogP contribution in [0.4, 0.5) is 0 Å². The molecule has 0 unspecified atom stereocenters. The van der Waals surface area contributed by atoms with Crippen molar-refractivity contribution in [1.29, 1.82) is 5.26 Å². The Labute approximate surface area is 70.8 Å². The monoisotopic (exact) mass is 162 g/mol. The van der Waals surface area contributed by atoms with Gasteiger partial charge >= 0.3 is 0 Å². The molecule has 1 N–H and O–H groups in total. The standard InChI is InChI=1S/C8H10N4/c9-2-1-7-3-11-12(6-7)8-4-10-5-8/h3,6,8,10H,1,4-5H2. The van der Waals surface area contributed by atoms with Gasteiger partial charge in [-0.3, -0.25) is 4.68 Å². The lowest BCUT2D eigenvalue weighted by Gasteiger charge is -2.27. The van der Waals surface area contributed by atoms with Crippen LogP contribution in [-0.4, -0.2) is 22.9 Å². The molecule has 0 bridgehead atoms. The maximum atomic E-state index is 8.44. The van der Waals surface area contributed by atoms with E-state index in [1.165, 1.54) is 0 Å². The normalized spacial score (nSPS) is 16.9. The first-order valence-electron chi connectivity index (χ1n) is 4.01. The van der Waals surface area contributed by atoms with Gasteiger partial charge in [0.05, 0.1) is 24.7 Å². The Morgan fingerprint density at radius 3 is 3.17 bits per heavy atom. The summed E-state index contributed by atoms with van der Waals surface area (Å²) in [6.07, 6.45) is 4.18. The highest BCUT2D eigenvalue weighted by Gasteiger charge is 2.18. The Kier molecular flexibility index (Phi) is 1.80. The predicted molar refractivity (Wildman–Crippen MR) is 43.5 cm³/mol. The summed E-state index contributed by atoms with van der Waals surface area (Å²) in [7, 11) is 0. The SMILES string of the molecule is N#CCc1cnn(C2CNC2)c1. The lowest BCUT2D eigenvalue weighted by molar-refractivity contribution is 0.318. The second-order valence-electron chi connectivity index (χ2n) is 2.98. The van der Waals surface area contributed by atoms with Crippen LogP contribution < -0.4 is 5.32 Å². The van der Waals surface area contributed by atoms with E-state index in [2.05, 4.69) is 16.5 Å². The van der Waals surface area contributed by atoms with Crippen molar-refractivity contribution >= 4 is 0 Å². The lowest BCUT2D eigenvalue weighted by atomic mass is 10.2. The van der Waals surface area contributed by atoms with E-state index in [9.17, 15) is 0 Å². The van der Waals surface area contributed by atoms with E-state index >= 15 is 0 Å². The van der Waals surface area contributed by atoms with Gasteiger partial charge in [-0.05, 0) is 0 Å². The molecule has 1 fully saturated rings. The summed E-state index contributed by atoms with van der Waals surface area (Å²) >= 11 is 0. The zero-order valence-electron chi connectivity index (χ0n) is 6.70. The predicted octanol–water partition coefficient (Wildman–Crippen LogP) is 0.0935. The van der Waals surface area contributed by atoms with Crippen molar-refractivity contribution in [3.8, 4) is 6.07 Å². The van der Waals surface area contributed by atoms with E-state index in [0.29, 0.717) is 12.5 Å². The number of nitriles is 1. The number of rotatable bonds is 2. The molecule has 0 aromatic carbocycles. The summed E-state index contributed by atoms with van der Waals surface area (Å²) in [5, 5.41) is 15.8. The van der Waals surface area contributed by atoms with Gasteiger partial charge in [0.1, 0.15) is 0 Å². The molecule has 0 saturated carbocycles. The molecule has 1 aliphatic rings. The third-order valence-corrected chi connectivity index (χ3v) is 2.07. The molecular weight excluding hydrogens is 152 g/mol. The summed E-state index contributed by atoms with van der Waals surface area (Å²) in [6, 6.07) is 2.60. The zero-order chi connectivity index (χ0) is 8.39. The molecule has 12 heavy (non-hydrogen) atoms. The first-order chi connectivity index (χ1) is 5.90. The summed E-state index contributed by atoms with van der Waals surface area (Å²) in [5.74, 6) is 0. The van der Waals surface area contributed by atoms with Crippen LogP contribution in [0.3, 0.4) is 0 Å². The van der Waals surface area contributed by atoms with Crippen LogP contribution in [0.25, 0.3) is 0 Å². The molecular formula is C8H10N4. The molecule has 2 heterocycles. The Morgan fingerprint density at radius 1 is 1.75 bits per heavy atom. The van der Waals surface area contributed by atoms with Crippen molar-refractivity contribution in [2.45, 2.75) is 12.5 Å². The summed E-state index contributed by atoms with van der Waals surface area (Å²) in [6.45, 7) is 1.99. The Bertz CT molecular complexity index is 305. The Hall–Kier alpha value is -1.34. The molecule has 4 heteroatoms. The fourth-order valence-corrected chi connectivity index (χ4v) is 1.22. The smallest absolute Gasteiger partial charge is 0.0767 e. The number of hydrogen-bond donors (Lipinski definition) is 1. The van der Waals surface area contributed by atoms with Crippen molar-refractivity contribution in [3.05, 3.63) is 18.0 Å². The molecule has 1 aromatic heterocycles. The van der Waals surface area contributed by atoms with Gasteiger partial charge in [-0.25, -0.2) is 0 Å². The summed E-state index contributed by atoms with van der Waals surface area (Å²) in [4.78, 5) is 0. The van der Waals surface area contributed by atoms with E-state index < -0.39 is 0 Å².